The molecule has 0 spiro atoms. The number of nitrogens with zero attached hydrogens (tertiary/aromatic N) is 2. The molecule has 162 valence electrons. The molecule has 0 aromatic heterocycles. The first-order valence-corrected chi connectivity index (χ1v) is 10.8. The van der Waals surface area contributed by atoms with Crippen molar-refractivity contribution in [2.75, 3.05) is 32.5 Å². The predicted molar refractivity (Wildman–Crippen MR) is 120 cm³/mol. The highest BCUT2D eigenvalue weighted by Crippen LogP contribution is 2.35. The highest BCUT2D eigenvalue weighted by atomic mass is 127. The second kappa shape index (κ2) is 9.65. The number of benzene rings is 2. The van der Waals surface area contributed by atoms with Crippen LogP contribution in [0, 0.1) is 3.57 Å². The van der Waals surface area contributed by atoms with Gasteiger partial charge in [0.15, 0.2) is 0 Å². The van der Waals surface area contributed by atoms with E-state index in [1.165, 1.54) is 6.07 Å². The largest absolute Gasteiger partial charge is 0.416 e. The lowest BCUT2D eigenvalue weighted by Gasteiger charge is -2.22. The van der Waals surface area contributed by atoms with Crippen LogP contribution in [-0.4, -0.2) is 48.9 Å². The maximum Gasteiger partial charge on any atom is 0.416 e. The molecule has 1 amide bonds. The van der Waals surface area contributed by atoms with Crippen LogP contribution in [-0.2, 0) is 23.9 Å². The molecule has 2 aromatic carbocycles. The molecule has 4 nitrogen and oxygen atoms in total. The first kappa shape index (κ1) is 23.0. The Morgan fingerprint density at radius 2 is 2.00 bits per heavy atom. The summed E-state index contributed by atoms with van der Waals surface area (Å²) >= 11 is 2.15. The molecule has 1 fully saturated rings. The number of hydrogen-bond donors (Lipinski definition) is 1. The van der Waals surface area contributed by atoms with Gasteiger partial charge >= 0.3 is 6.18 Å². The second-order valence-electron chi connectivity index (χ2n) is 7.87. The zero-order valence-corrected chi connectivity index (χ0v) is 19.1. The molecule has 1 atom stereocenters. The second-order valence-corrected chi connectivity index (χ2v) is 9.11. The van der Waals surface area contributed by atoms with Gasteiger partial charge in [0, 0.05) is 34.9 Å². The van der Waals surface area contributed by atoms with Crippen molar-refractivity contribution in [3.8, 4) is 0 Å². The summed E-state index contributed by atoms with van der Waals surface area (Å²) in [5.41, 5.74) is 0.520. The molecule has 8 heteroatoms. The van der Waals surface area contributed by atoms with Gasteiger partial charge in [-0.25, -0.2) is 0 Å². The van der Waals surface area contributed by atoms with Gasteiger partial charge in [0.1, 0.15) is 0 Å². The number of alkyl halides is 3. The number of likely N-dealkylation sites (tertiary alicyclic amines) is 1. The van der Waals surface area contributed by atoms with E-state index >= 15 is 0 Å². The Kier molecular flexibility index (Phi) is 7.41. The molecule has 2 aromatic rings. The van der Waals surface area contributed by atoms with Gasteiger partial charge in [-0.15, -0.1) is 0 Å². The zero-order chi connectivity index (χ0) is 21.9. The first-order valence-electron chi connectivity index (χ1n) is 9.75. The predicted octanol–water partition coefficient (Wildman–Crippen LogP) is 4.63. The van der Waals surface area contributed by atoms with Gasteiger partial charge in [-0.2, -0.15) is 13.2 Å². The summed E-state index contributed by atoms with van der Waals surface area (Å²) in [4.78, 5) is 16.5. The lowest BCUT2D eigenvalue weighted by Crippen LogP contribution is -2.31. The van der Waals surface area contributed by atoms with E-state index in [1.54, 1.807) is 6.07 Å². The number of amides is 1. The maximum absolute atomic E-state index is 13.7. The Hall–Kier alpha value is -1.65. The van der Waals surface area contributed by atoms with Crippen LogP contribution in [0.2, 0.25) is 0 Å². The number of hydrogen-bond acceptors (Lipinski definition) is 3. The third-order valence-corrected chi connectivity index (χ3v) is 6.00. The lowest BCUT2D eigenvalue weighted by molar-refractivity contribution is -0.138. The number of rotatable bonds is 6. The molecule has 0 bridgehead atoms. The highest BCUT2D eigenvalue weighted by Gasteiger charge is 2.35. The van der Waals surface area contributed by atoms with Gasteiger partial charge in [-0.05, 0) is 78.5 Å². The van der Waals surface area contributed by atoms with E-state index in [9.17, 15) is 18.0 Å². The molecule has 0 aliphatic carbocycles. The molecular weight excluding hydrogens is 506 g/mol. The summed E-state index contributed by atoms with van der Waals surface area (Å²) < 4.78 is 42.1. The standard InChI is InChI=1S/C22H25F3IN3O/c1-28(2)19-8-9-29(14-19)13-16-6-7-18(12-20(16)22(23,24)25)27-21(30)11-15-4-3-5-17(26)10-15/h3-7,10,12,19H,8-9,11,13-14H2,1-2H3,(H,27,30). The van der Waals surface area contributed by atoms with Gasteiger partial charge in [-0.3, -0.25) is 9.69 Å². The van der Waals surface area contributed by atoms with Gasteiger partial charge in [0.2, 0.25) is 5.91 Å². The van der Waals surface area contributed by atoms with Crippen LogP contribution in [0.1, 0.15) is 23.1 Å². The topological polar surface area (TPSA) is 35.6 Å². The van der Waals surface area contributed by atoms with E-state index in [1.807, 2.05) is 43.3 Å². The third kappa shape index (κ3) is 6.18. The van der Waals surface area contributed by atoms with Crippen LogP contribution < -0.4 is 5.32 Å². The van der Waals surface area contributed by atoms with Gasteiger partial charge < -0.3 is 10.2 Å². The van der Waals surface area contributed by atoms with Gasteiger partial charge in [-0.1, -0.05) is 18.2 Å². The smallest absolute Gasteiger partial charge is 0.326 e. The number of halogens is 4. The number of carbonyl (C=O) groups excluding carboxylic acids is 1. The van der Waals surface area contributed by atoms with Crippen molar-refractivity contribution in [3.63, 3.8) is 0 Å². The monoisotopic (exact) mass is 531 g/mol. The number of likely N-dealkylation sites (N-methyl/N-ethyl adjacent to an activating group) is 1. The summed E-state index contributed by atoms with van der Waals surface area (Å²) in [5, 5.41) is 2.60. The number of nitrogens with one attached hydrogen (secondary N) is 1. The maximum atomic E-state index is 13.7. The fourth-order valence-corrected chi connectivity index (χ4v) is 4.32. The van der Waals surface area contributed by atoms with Gasteiger partial charge in [0.05, 0.1) is 12.0 Å². The molecule has 30 heavy (non-hydrogen) atoms. The van der Waals surface area contributed by atoms with Crippen LogP contribution in [0.3, 0.4) is 0 Å². The third-order valence-electron chi connectivity index (χ3n) is 5.32. The number of carbonyl (C=O) groups is 1. The van der Waals surface area contributed by atoms with E-state index < -0.39 is 11.7 Å². The minimum atomic E-state index is -4.48. The quantitative estimate of drug-likeness (QED) is 0.553. The minimum absolute atomic E-state index is 0.111. The normalized spacial score (nSPS) is 17.5. The number of anilines is 1. The Morgan fingerprint density at radius 3 is 2.63 bits per heavy atom. The molecule has 1 heterocycles. The van der Waals surface area contributed by atoms with Crippen molar-refractivity contribution >= 4 is 34.2 Å². The average molecular weight is 531 g/mol. The Labute approximate surface area is 188 Å². The van der Waals surface area contributed by atoms with Crippen molar-refractivity contribution in [1.82, 2.24) is 9.80 Å². The highest BCUT2D eigenvalue weighted by molar-refractivity contribution is 14.1. The molecular formula is C22H25F3IN3O. The molecule has 1 aliphatic heterocycles. The Balaban J connectivity index is 1.72. The SMILES string of the molecule is CN(C)C1CCN(Cc2ccc(NC(=O)Cc3cccc(I)c3)cc2C(F)(F)F)C1. The molecule has 1 N–H and O–H groups in total. The molecule has 1 unspecified atom stereocenters. The Morgan fingerprint density at radius 1 is 1.23 bits per heavy atom. The van der Waals surface area contributed by atoms with Crippen LogP contribution >= 0.6 is 22.6 Å². The summed E-state index contributed by atoms with van der Waals surface area (Å²) in [6.07, 6.45) is -3.42. The van der Waals surface area contributed by atoms with E-state index in [0.29, 0.717) is 6.04 Å². The van der Waals surface area contributed by atoms with Crippen LogP contribution in [0.4, 0.5) is 18.9 Å². The summed E-state index contributed by atoms with van der Waals surface area (Å²) in [5.74, 6) is -0.341. The van der Waals surface area contributed by atoms with Crippen molar-refractivity contribution in [1.29, 1.82) is 0 Å². The van der Waals surface area contributed by atoms with Crippen molar-refractivity contribution in [3.05, 3.63) is 62.7 Å². The van der Waals surface area contributed by atoms with E-state index in [-0.39, 0.29) is 30.1 Å². The zero-order valence-electron chi connectivity index (χ0n) is 17.0. The van der Waals surface area contributed by atoms with E-state index in [0.717, 1.165) is 34.7 Å². The average Bonchev–Trinajstić information content (AvgIpc) is 3.11. The molecule has 1 aliphatic rings. The van der Waals surface area contributed by atoms with E-state index in [2.05, 4.69) is 32.8 Å². The van der Waals surface area contributed by atoms with Crippen molar-refractivity contribution < 1.29 is 18.0 Å². The Bertz CT molecular complexity index is 901. The first-order chi connectivity index (χ1) is 14.1. The van der Waals surface area contributed by atoms with E-state index in [4.69, 9.17) is 0 Å². The van der Waals surface area contributed by atoms with Crippen LogP contribution in [0.15, 0.2) is 42.5 Å². The van der Waals surface area contributed by atoms with Gasteiger partial charge in [0.25, 0.3) is 0 Å². The van der Waals surface area contributed by atoms with Crippen molar-refractivity contribution in [2.45, 2.75) is 31.6 Å². The minimum Gasteiger partial charge on any atom is -0.326 e. The molecule has 0 radical (unpaired) electrons. The summed E-state index contributed by atoms with van der Waals surface area (Å²) in [6, 6.07) is 11.9. The molecule has 3 rings (SSSR count). The van der Waals surface area contributed by atoms with Crippen LogP contribution in [0.25, 0.3) is 0 Å². The molecule has 0 saturated carbocycles. The summed E-state index contributed by atoms with van der Waals surface area (Å²) in [6.45, 7) is 1.77. The fourth-order valence-electron chi connectivity index (χ4n) is 3.71. The summed E-state index contributed by atoms with van der Waals surface area (Å²) in [7, 11) is 3.98. The fraction of sp³-hybridized carbons (Fsp3) is 0.409. The molecule has 1 saturated heterocycles. The van der Waals surface area contributed by atoms with Crippen molar-refractivity contribution in [2.24, 2.45) is 0 Å². The van der Waals surface area contributed by atoms with Crippen LogP contribution in [0.5, 0.6) is 0 Å². The lowest BCUT2D eigenvalue weighted by atomic mass is 10.0.